The van der Waals surface area contributed by atoms with Crippen molar-refractivity contribution in [2.45, 2.75) is 0 Å². The van der Waals surface area contributed by atoms with Crippen molar-refractivity contribution in [1.82, 2.24) is 0 Å². The summed E-state index contributed by atoms with van der Waals surface area (Å²) < 4.78 is 12.6. The van der Waals surface area contributed by atoms with Crippen molar-refractivity contribution in [3.63, 3.8) is 0 Å². The lowest BCUT2D eigenvalue weighted by atomic mass is 10.2. The molecular weight excluding hydrogens is 173 g/mol. The third-order valence-electron chi connectivity index (χ3n) is 1.27. The van der Waals surface area contributed by atoms with E-state index in [4.69, 9.17) is 0 Å². The maximum absolute atomic E-state index is 12.6. The van der Waals surface area contributed by atoms with E-state index in [-0.39, 0.29) is 0 Å². The lowest BCUT2D eigenvalue weighted by Gasteiger charge is -1.88. The van der Waals surface area contributed by atoms with E-state index < -0.39 is 17.3 Å². The maximum Gasteiger partial charge on any atom is 0.263 e. The van der Waals surface area contributed by atoms with Crippen molar-refractivity contribution < 1.29 is 9.31 Å². The van der Waals surface area contributed by atoms with Gasteiger partial charge in [-0.2, -0.15) is 0 Å². The first-order chi connectivity index (χ1) is 6.18. The third kappa shape index (κ3) is 3.34. The molecule has 0 aromatic heterocycles. The van der Waals surface area contributed by atoms with E-state index in [1.165, 1.54) is 18.2 Å². The molecule has 3 nitrogen and oxygen atoms in total. The number of benzene rings is 1. The third-order valence-corrected chi connectivity index (χ3v) is 1.27. The maximum atomic E-state index is 12.6. The molecule has 0 atom stereocenters. The van der Waals surface area contributed by atoms with Crippen molar-refractivity contribution in [2.24, 2.45) is 0 Å². The van der Waals surface area contributed by atoms with Crippen LogP contribution >= 0.6 is 0 Å². The second-order valence-electron chi connectivity index (χ2n) is 2.30. The van der Waals surface area contributed by atoms with Crippen molar-refractivity contribution in [3.05, 3.63) is 45.8 Å². The van der Waals surface area contributed by atoms with Crippen LogP contribution in [0.25, 0.3) is 0 Å². The van der Waals surface area contributed by atoms with E-state index in [1.807, 2.05) is 0 Å². The molecule has 0 radical (unpaired) electrons. The summed E-state index contributed by atoms with van der Waals surface area (Å²) in [5.41, 5.74) is 0.446. The molecule has 1 rings (SSSR count). The van der Waals surface area contributed by atoms with Crippen LogP contribution in [-0.4, -0.2) is 11.5 Å². The van der Waals surface area contributed by atoms with Gasteiger partial charge in [-0.05, 0) is 24.1 Å². The molecule has 1 aromatic rings. The van der Waals surface area contributed by atoms with E-state index in [2.05, 4.69) is 11.8 Å². The Morgan fingerprint density at radius 3 is 2.92 bits per heavy atom. The molecule has 0 aliphatic heterocycles. The summed E-state index contributed by atoms with van der Waals surface area (Å²) in [5.74, 6) is 4.40. The fourth-order valence-corrected chi connectivity index (χ4v) is 0.772. The van der Waals surface area contributed by atoms with E-state index in [0.717, 1.165) is 0 Å². The summed E-state index contributed by atoms with van der Waals surface area (Å²) in [5, 5.41) is 9.89. The highest BCUT2D eigenvalue weighted by Gasteiger charge is 1.91. The summed E-state index contributed by atoms with van der Waals surface area (Å²) >= 11 is 0. The standard InChI is InChI=1S/C9H6FNO2/c10-9-5-1-3-8(7-9)4-2-6-11(12)13/h1,3,5,7H,6H2. The Hall–Kier alpha value is -1.89. The van der Waals surface area contributed by atoms with Crippen LogP contribution in [0.3, 0.4) is 0 Å². The molecule has 0 bridgehead atoms. The normalized spacial score (nSPS) is 8.69. The fraction of sp³-hybridized carbons (Fsp3) is 0.111. The highest BCUT2D eigenvalue weighted by atomic mass is 19.1. The molecule has 0 amide bonds. The zero-order valence-electron chi connectivity index (χ0n) is 6.66. The first kappa shape index (κ1) is 9.20. The highest BCUT2D eigenvalue weighted by Crippen LogP contribution is 2.00. The van der Waals surface area contributed by atoms with Gasteiger partial charge in [-0.15, -0.1) is 0 Å². The predicted octanol–water partition coefficient (Wildman–Crippen LogP) is 1.45. The Morgan fingerprint density at radius 2 is 2.31 bits per heavy atom. The Labute approximate surface area is 74.3 Å². The molecule has 0 heterocycles. The number of hydrogen-bond donors (Lipinski definition) is 0. The van der Waals surface area contributed by atoms with Crippen LogP contribution in [-0.2, 0) is 0 Å². The largest absolute Gasteiger partial charge is 0.264 e. The van der Waals surface area contributed by atoms with Gasteiger partial charge in [0.1, 0.15) is 5.82 Å². The molecule has 4 heteroatoms. The smallest absolute Gasteiger partial charge is 0.263 e. The van der Waals surface area contributed by atoms with Gasteiger partial charge in [-0.25, -0.2) is 4.39 Å². The molecular formula is C9H6FNO2. The average molecular weight is 179 g/mol. The van der Waals surface area contributed by atoms with Gasteiger partial charge in [0.2, 0.25) is 0 Å². The fourth-order valence-electron chi connectivity index (χ4n) is 0.772. The van der Waals surface area contributed by atoms with Gasteiger partial charge in [0.05, 0.1) is 0 Å². The molecule has 0 saturated heterocycles. The summed E-state index contributed by atoms with van der Waals surface area (Å²) in [7, 11) is 0. The van der Waals surface area contributed by atoms with Crippen molar-refractivity contribution in [2.75, 3.05) is 6.54 Å². The molecule has 0 fully saturated rings. The molecule has 0 aliphatic carbocycles. The molecule has 0 unspecified atom stereocenters. The first-order valence-electron chi connectivity index (χ1n) is 3.55. The van der Waals surface area contributed by atoms with E-state index in [1.54, 1.807) is 6.07 Å². The number of rotatable bonds is 1. The molecule has 66 valence electrons. The first-order valence-corrected chi connectivity index (χ1v) is 3.55. The minimum Gasteiger partial charge on any atom is -0.264 e. The number of nitro groups is 1. The number of halogens is 1. The highest BCUT2D eigenvalue weighted by molar-refractivity contribution is 5.34. The monoisotopic (exact) mass is 179 g/mol. The summed E-state index contributed by atoms with van der Waals surface area (Å²) in [6.07, 6.45) is 0. The summed E-state index contributed by atoms with van der Waals surface area (Å²) in [6, 6.07) is 5.62. The topological polar surface area (TPSA) is 43.1 Å². The molecule has 1 aromatic carbocycles. The number of hydrogen-bond acceptors (Lipinski definition) is 2. The van der Waals surface area contributed by atoms with Crippen LogP contribution in [0.15, 0.2) is 24.3 Å². The van der Waals surface area contributed by atoms with Crippen molar-refractivity contribution in [3.8, 4) is 11.8 Å². The minimum atomic E-state index is -0.535. The zero-order chi connectivity index (χ0) is 9.68. The van der Waals surface area contributed by atoms with Gasteiger partial charge in [-0.3, -0.25) is 10.1 Å². The molecule has 0 N–H and O–H groups in total. The molecule has 0 saturated carbocycles. The second kappa shape index (κ2) is 4.21. The van der Waals surface area contributed by atoms with Crippen molar-refractivity contribution in [1.29, 1.82) is 0 Å². The lowest BCUT2D eigenvalue weighted by molar-refractivity contribution is -0.466. The SMILES string of the molecule is O=[N+]([O-])CC#Cc1cccc(F)c1. The lowest BCUT2D eigenvalue weighted by Crippen LogP contribution is -1.96. The average Bonchev–Trinajstić information content (AvgIpc) is 2.03. The van der Waals surface area contributed by atoms with Gasteiger partial charge in [0.15, 0.2) is 0 Å². The van der Waals surface area contributed by atoms with Gasteiger partial charge < -0.3 is 0 Å². The number of nitrogens with zero attached hydrogens (tertiary/aromatic N) is 1. The van der Waals surface area contributed by atoms with Gasteiger partial charge >= 0.3 is 0 Å². The van der Waals surface area contributed by atoms with Crippen LogP contribution in [0.2, 0.25) is 0 Å². The van der Waals surface area contributed by atoms with Gasteiger partial charge in [-0.1, -0.05) is 12.0 Å². The molecule has 13 heavy (non-hydrogen) atoms. The Balaban J connectivity index is 2.72. The minimum absolute atomic E-state index is 0.395. The predicted molar refractivity (Wildman–Crippen MR) is 45.1 cm³/mol. The van der Waals surface area contributed by atoms with Gasteiger partial charge in [0.25, 0.3) is 6.54 Å². The Kier molecular flexibility index (Phi) is 2.98. The van der Waals surface area contributed by atoms with E-state index in [9.17, 15) is 14.5 Å². The van der Waals surface area contributed by atoms with Crippen LogP contribution < -0.4 is 0 Å². The second-order valence-corrected chi connectivity index (χ2v) is 2.30. The molecule has 0 spiro atoms. The van der Waals surface area contributed by atoms with Gasteiger partial charge in [0, 0.05) is 10.5 Å². The Bertz CT molecular complexity index is 379. The zero-order valence-corrected chi connectivity index (χ0v) is 6.66. The van der Waals surface area contributed by atoms with E-state index in [0.29, 0.717) is 5.56 Å². The summed E-state index contributed by atoms with van der Waals surface area (Å²) in [6.45, 7) is -0.420. The van der Waals surface area contributed by atoms with Crippen LogP contribution in [0.5, 0.6) is 0 Å². The van der Waals surface area contributed by atoms with E-state index >= 15 is 0 Å². The summed E-state index contributed by atoms with van der Waals surface area (Å²) in [4.78, 5) is 9.35. The van der Waals surface area contributed by atoms with Crippen LogP contribution in [0.1, 0.15) is 5.56 Å². The Morgan fingerprint density at radius 1 is 1.54 bits per heavy atom. The molecule has 0 aliphatic rings. The van der Waals surface area contributed by atoms with Crippen molar-refractivity contribution >= 4 is 0 Å². The van der Waals surface area contributed by atoms with Crippen LogP contribution in [0, 0.1) is 27.8 Å². The quantitative estimate of drug-likeness (QED) is 0.372. The van der Waals surface area contributed by atoms with Crippen LogP contribution in [0.4, 0.5) is 4.39 Å².